The zero-order valence-corrected chi connectivity index (χ0v) is 20.2. The van der Waals surface area contributed by atoms with E-state index in [0.29, 0.717) is 12.5 Å². The fourth-order valence-electron chi connectivity index (χ4n) is 3.95. The quantitative estimate of drug-likeness (QED) is 0.259. The van der Waals surface area contributed by atoms with E-state index < -0.39 is 0 Å². The number of fused-ring (bicyclic) bond motifs is 2. The van der Waals surface area contributed by atoms with E-state index in [1.807, 2.05) is 24.0 Å². The van der Waals surface area contributed by atoms with Crippen LogP contribution in [0.5, 0.6) is 0 Å². The van der Waals surface area contributed by atoms with Crippen molar-refractivity contribution < 1.29 is 4.79 Å². The molecule has 2 aromatic carbocycles. The topological polar surface area (TPSA) is 72.5 Å². The van der Waals surface area contributed by atoms with Gasteiger partial charge in [-0.2, -0.15) is 0 Å². The summed E-state index contributed by atoms with van der Waals surface area (Å²) >= 11 is 0. The number of H-pyrrole nitrogens is 1. The molecule has 0 radical (unpaired) electrons. The summed E-state index contributed by atoms with van der Waals surface area (Å²) in [6.07, 6.45) is 3.86. The van der Waals surface area contributed by atoms with Gasteiger partial charge in [0.05, 0.1) is 0 Å². The highest BCUT2D eigenvalue weighted by atomic mass is 127. The Balaban J connectivity index is 0.00000272. The summed E-state index contributed by atoms with van der Waals surface area (Å²) in [6, 6.07) is 16.7. The second-order valence-corrected chi connectivity index (χ2v) is 7.57. The number of para-hydroxylation sites is 1. The largest absolute Gasteiger partial charge is 0.361 e. The van der Waals surface area contributed by atoms with E-state index in [4.69, 9.17) is 0 Å². The molecule has 3 aromatic rings. The van der Waals surface area contributed by atoms with Crippen LogP contribution < -0.4 is 10.6 Å². The van der Waals surface area contributed by atoms with E-state index in [-0.39, 0.29) is 36.4 Å². The van der Waals surface area contributed by atoms with Crippen molar-refractivity contribution in [3.63, 3.8) is 0 Å². The van der Waals surface area contributed by atoms with Crippen molar-refractivity contribution in [1.82, 2.24) is 20.5 Å². The first kappa shape index (κ1) is 23.1. The van der Waals surface area contributed by atoms with Crippen LogP contribution in [0.3, 0.4) is 0 Å². The van der Waals surface area contributed by atoms with E-state index in [1.54, 1.807) is 0 Å². The third-order valence-electron chi connectivity index (χ3n) is 5.56. The number of carbonyl (C=O) groups excluding carboxylic acids is 1. The molecule has 7 heteroatoms. The Hall–Kier alpha value is -2.55. The molecule has 0 aliphatic carbocycles. The minimum atomic E-state index is 0. The van der Waals surface area contributed by atoms with Gasteiger partial charge in [-0.1, -0.05) is 42.5 Å². The molecule has 0 bridgehead atoms. The zero-order chi connectivity index (χ0) is 20.8. The molecule has 1 aliphatic rings. The van der Waals surface area contributed by atoms with Crippen LogP contribution in [0, 0.1) is 0 Å². The van der Waals surface area contributed by atoms with Gasteiger partial charge in [0.1, 0.15) is 6.54 Å². The minimum absolute atomic E-state index is 0. The van der Waals surface area contributed by atoms with Crippen molar-refractivity contribution >= 4 is 46.7 Å². The lowest BCUT2D eigenvalue weighted by atomic mass is 10.00. The summed E-state index contributed by atoms with van der Waals surface area (Å²) in [6.45, 7) is 5.12. The van der Waals surface area contributed by atoms with E-state index in [2.05, 4.69) is 63.2 Å². The molecule has 0 saturated heterocycles. The number of hydrogen-bond donors (Lipinski definition) is 3. The Morgan fingerprint density at radius 3 is 2.71 bits per heavy atom. The van der Waals surface area contributed by atoms with Gasteiger partial charge in [0.15, 0.2) is 5.96 Å². The van der Waals surface area contributed by atoms with Crippen molar-refractivity contribution in [1.29, 1.82) is 0 Å². The van der Waals surface area contributed by atoms with Gasteiger partial charge < -0.3 is 20.5 Å². The number of halogens is 1. The molecule has 164 valence electrons. The van der Waals surface area contributed by atoms with Crippen LogP contribution in [0.25, 0.3) is 10.9 Å². The van der Waals surface area contributed by atoms with Crippen LogP contribution in [0.15, 0.2) is 59.7 Å². The maximum absolute atomic E-state index is 12.7. The van der Waals surface area contributed by atoms with Crippen molar-refractivity contribution in [3.05, 3.63) is 71.4 Å². The van der Waals surface area contributed by atoms with Crippen molar-refractivity contribution in [3.8, 4) is 0 Å². The number of benzene rings is 2. The number of aromatic amines is 1. The highest BCUT2D eigenvalue weighted by Crippen LogP contribution is 2.19. The molecule has 1 aromatic heterocycles. The molecule has 0 fully saturated rings. The van der Waals surface area contributed by atoms with Crippen molar-refractivity contribution in [2.24, 2.45) is 4.99 Å². The highest BCUT2D eigenvalue weighted by Gasteiger charge is 2.20. The second-order valence-electron chi connectivity index (χ2n) is 7.57. The summed E-state index contributed by atoms with van der Waals surface area (Å²) in [4.78, 5) is 22.4. The molecule has 4 rings (SSSR count). The molecule has 6 nitrogen and oxygen atoms in total. The third-order valence-corrected chi connectivity index (χ3v) is 5.56. The number of rotatable bonds is 6. The third kappa shape index (κ3) is 5.78. The summed E-state index contributed by atoms with van der Waals surface area (Å²) in [5.74, 6) is 0.751. The number of nitrogens with zero attached hydrogens (tertiary/aromatic N) is 2. The summed E-state index contributed by atoms with van der Waals surface area (Å²) in [7, 11) is 0. The molecule has 1 amide bonds. The maximum atomic E-state index is 12.7. The van der Waals surface area contributed by atoms with E-state index in [1.165, 1.54) is 22.1 Å². The second kappa shape index (κ2) is 11.2. The van der Waals surface area contributed by atoms with Gasteiger partial charge in [0.2, 0.25) is 5.91 Å². The first-order valence-electron chi connectivity index (χ1n) is 10.7. The Bertz CT molecular complexity index is 1050. The molecule has 0 atom stereocenters. The van der Waals surface area contributed by atoms with Crippen LogP contribution in [-0.2, 0) is 24.2 Å². The normalized spacial score (nSPS) is 13.5. The van der Waals surface area contributed by atoms with Gasteiger partial charge >= 0.3 is 0 Å². The Kier molecular flexibility index (Phi) is 8.34. The van der Waals surface area contributed by atoms with Gasteiger partial charge in [-0.15, -0.1) is 24.0 Å². The number of aromatic nitrogens is 1. The molecular formula is C24H30IN5O. The van der Waals surface area contributed by atoms with Crippen LogP contribution >= 0.6 is 24.0 Å². The molecule has 2 heterocycles. The van der Waals surface area contributed by atoms with E-state index in [9.17, 15) is 4.79 Å². The van der Waals surface area contributed by atoms with Crippen LogP contribution in [0.4, 0.5) is 0 Å². The fraction of sp³-hybridized carbons (Fsp3) is 0.333. The fourth-order valence-corrected chi connectivity index (χ4v) is 3.95. The predicted octanol–water partition coefficient (Wildman–Crippen LogP) is 3.47. The van der Waals surface area contributed by atoms with Gasteiger partial charge in [0.25, 0.3) is 0 Å². The number of aliphatic imine (C=N–C) groups is 1. The maximum Gasteiger partial charge on any atom is 0.244 e. The predicted molar refractivity (Wildman–Crippen MR) is 137 cm³/mol. The molecule has 0 spiro atoms. The standard InChI is InChI=1S/C24H29N5O.HI/c1-2-25-24(26-13-11-19-15-27-22-10-6-5-9-21(19)22)28-16-23(30)29-14-12-18-7-3-4-8-20(18)17-29;/h3-10,15,27H,2,11-14,16-17H2,1H3,(H2,25,26,28);1H. The van der Waals surface area contributed by atoms with Gasteiger partial charge in [0, 0.05) is 43.3 Å². The summed E-state index contributed by atoms with van der Waals surface area (Å²) < 4.78 is 0. The van der Waals surface area contributed by atoms with E-state index in [0.717, 1.165) is 38.0 Å². The molecular weight excluding hydrogens is 501 g/mol. The Morgan fingerprint density at radius 1 is 1.10 bits per heavy atom. The average molecular weight is 531 g/mol. The minimum Gasteiger partial charge on any atom is -0.361 e. The van der Waals surface area contributed by atoms with Gasteiger partial charge in [-0.05, 0) is 42.5 Å². The van der Waals surface area contributed by atoms with Gasteiger partial charge in [-0.3, -0.25) is 4.79 Å². The van der Waals surface area contributed by atoms with Crippen molar-refractivity contribution in [2.75, 3.05) is 26.2 Å². The monoisotopic (exact) mass is 531 g/mol. The van der Waals surface area contributed by atoms with Crippen LogP contribution in [0.1, 0.15) is 23.6 Å². The summed E-state index contributed by atoms with van der Waals surface area (Å²) in [5.41, 5.74) is 5.01. The Labute approximate surface area is 200 Å². The van der Waals surface area contributed by atoms with Crippen molar-refractivity contribution in [2.45, 2.75) is 26.3 Å². The summed E-state index contributed by atoms with van der Waals surface area (Å²) in [5, 5.41) is 7.84. The number of carbonyl (C=O) groups is 1. The Morgan fingerprint density at radius 2 is 1.87 bits per heavy atom. The molecule has 0 saturated carbocycles. The SMILES string of the molecule is CCNC(=NCC(=O)N1CCc2ccccc2C1)NCCc1c[nH]c2ccccc12.I. The molecule has 1 aliphatic heterocycles. The van der Waals surface area contributed by atoms with E-state index >= 15 is 0 Å². The lowest BCUT2D eigenvalue weighted by Gasteiger charge is -2.28. The first-order valence-corrected chi connectivity index (χ1v) is 10.7. The number of nitrogens with one attached hydrogen (secondary N) is 3. The van der Waals surface area contributed by atoms with Crippen LogP contribution in [-0.4, -0.2) is 47.9 Å². The molecule has 3 N–H and O–H groups in total. The van der Waals surface area contributed by atoms with Crippen LogP contribution in [0.2, 0.25) is 0 Å². The zero-order valence-electron chi connectivity index (χ0n) is 17.9. The van der Waals surface area contributed by atoms with Gasteiger partial charge in [-0.25, -0.2) is 4.99 Å². The number of guanidine groups is 1. The number of amides is 1. The smallest absolute Gasteiger partial charge is 0.244 e. The lowest BCUT2D eigenvalue weighted by molar-refractivity contribution is -0.130. The average Bonchev–Trinajstić information content (AvgIpc) is 3.20. The first-order chi connectivity index (χ1) is 14.7. The molecule has 31 heavy (non-hydrogen) atoms. The number of hydrogen-bond acceptors (Lipinski definition) is 2. The highest BCUT2D eigenvalue weighted by molar-refractivity contribution is 14.0. The lowest BCUT2D eigenvalue weighted by Crippen LogP contribution is -2.41. The molecule has 0 unspecified atom stereocenters.